The first-order valence-electron chi connectivity index (χ1n) is 8.33. The molecule has 4 N–H and O–H groups in total. The maximum atomic E-state index is 11.2. The van der Waals surface area contributed by atoms with Gasteiger partial charge < -0.3 is 21.1 Å². The predicted molar refractivity (Wildman–Crippen MR) is 104 cm³/mol. The molecule has 27 heavy (non-hydrogen) atoms. The number of hydrogen-bond acceptors (Lipinski definition) is 6. The lowest BCUT2D eigenvalue weighted by molar-refractivity contribution is -0.137. The Morgan fingerprint density at radius 2 is 1.78 bits per heavy atom. The van der Waals surface area contributed by atoms with Crippen molar-refractivity contribution in [2.45, 2.75) is 19.9 Å². The third kappa shape index (κ3) is 4.49. The molecule has 1 heterocycles. The molecule has 1 aromatic heterocycles. The zero-order valence-electron chi connectivity index (χ0n) is 14.9. The average Bonchev–Trinajstić information content (AvgIpc) is 2.61. The van der Waals surface area contributed by atoms with E-state index in [1.54, 1.807) is 25.1 Å². The van der Waals surface area contributed by atoms with E-state index in [0.717, 1.165) is 5.39 Å². The Kier molecular flexibility index (Phi) is 5.16. The fourth-order valence-electron chi connectivity index (χ4n) is 2.52. The average molecular weight is 365 g/mol. The van der Waals surface area contributed by atoms with Crippen LogP contribution in [0.15, 0.2) is 48.5 Å². The van der Waals surface area contributed by atoms with Gasteiger partial charge in [0.15, 0.2) is 0 Å². The zero-order valence-corrected chi connectivity index (χ0v) is 14.9. The first kappa shape index (κ1) is 18.1. The van der Waals surface area contributed by atoms with Gasteiger partial charge in [0.25, 0.3) is 0 Å². The lowest BCUT2D eigenvalue weighted by atomic mass is 10.2. The number of nitrogens with zero attached hydrogens (tertiary/aromatic N) is 2. The predicted octanol–water partition coefficient (Wildman–Crippen LogP) is 3.22. The van der Waals surface area contributed by atoms with Gasteiger partial charge in [0, 0.05) is 23.7 Å². The Balaban J connectivity index is 1.95. The topological polar surface area (TPSA) is 116 Å². The van der Waals surface area contributed by atoms with Gasteiger partial charge >= 0.3 is 5.97 Å². The minimum absolute atomic E-state index is 0.164. The number of fused-ring (bicyclic) bond motifs is 1. The monoisotopic (exact) mass is 365 g/mol. The number of hydrogen-bond donors (Lipinski definition) is 4. The molecule has 0 fully saturated rings. The van der Waals surface area contributed by atoms with Crippen LogP contribution in [0, 0.1) is 0 Å². The molecule has 0 bridgehead atoms. The molecule has 3 aromatic rings. The van der Waals surface area contributed by atoms with E-state index >= 15 is 0 Å². The molecule has 1 atom stereocenters. The normalized spacial score (nSPS) is 11.6. The highest BCUT2D eigenvalue weighted by Gasteiger charge is 2.15. The Labute approximate surface area is 155 Å². The molecule has 2 aromatic carbocycles. The van der Waals surface area contributed by atoms with Crippen molar-refractivity contribution in [2.75, 3.05) is 16.0 Å². The lowest BCUT2D eigenvalue weighted by Crippen LogP contribution is -2.26. The molecule has 0 radical (unpaired) electrons. The summed E-state index contributed by atoms with van der Waals surface area (Å²) in [6, 6.07) is 13.7. The van der Waals surface area contributed by atoms with Crippen molar-refractivity contribution in [3.8, 4) is 0 Å². The van der Waals surface area contributed by atoms with Crippen LogP contribution in [0.25, 0.3) is 10.9 Å². The number of carboxylic acid groups (broad SMARTS) is 1. The van der Waals surface area contributed by atoms with Crippen molar-refractivity contribution in [2.24, 2.45) is 0 Å². The summed E-state index contributed by atoms with van der Waals surface area (Å²) < 4.78 is 0. The molecule has 0 spiro atoms. The molecule has 1 unspecified atom stereocenters. The number of para-hydroxylation sites is 1. The first-order chi connectivity index (χ1) is 12.9. The molecule has 0 saturated carbocycles. The quantitative estimate of drug-likeness (QED) is 0.530. The van der Waals surface area contributed by atoms with Crippen molar-refractivity contribution in [1.82, 2.24) is 9.97 Å². The molecular formula is C19H19N5O3. The van der Waals surface area contributed by atoms with E-state index in [1.807, 2.05) is 30.3 Å². The second-order valence-corrected chi connectivity index (χ2v) is 6.00. The second-order valence-electron chi connectivity index (χ2n) is 6.00. The Bertz CT molecular complexity index is 1010. The van der Waals surface area contributed by atoms with Gasteiger partial charge in [0.05, 0.1) is 5.52 Å². The van der Waals surface area contributed by atoms with E-state index < -0.39 is 12.0 Å². The maximum absolute atomic E-state index is 11.2. The van der Waals surface area contributed by atoms with Gasteiger partial charge in [-0.1, -0.05) is 18.2 Å². The summed E-state index contributed by atoms with van der Waals surface area (Å²) in [5, 5.41) is 18.6. The minimum atomic E-state index is -0.977. The van der Waals surface area contributed by atoms with E-state index in [0.29, 0.717) is 28.7 Å². The standard InChI is InChI=1S/C19H19N5O3/c1-11(18(26)27)20-17-15-8-3-4-9-16(15)23-19(24-17)22-14-7-5-6-13(10-14)21-12(2)25/h3-11H,1-2H3,(H,21,25)(H,26,27)(H2,20,22,23,24). The fourth-order valence-corrected chi connectivity index (χ4v) is 2.52. The molecule has 0 aliphatic heterocycles. The lowest BCUT2D eigenvalue weighted by Gasteiger charge is -2.14. The van der Waals surface area contributed by atoms with E-state index in [1.165, 1.54) is 6.92 Å². The zero-order chi connectivity index (χ0) is 19.4. The van der Waals surface area contributed by atoms with Gasteiger partial charge in [-0.05, 0) is 37.3 Å². The van der Waals surface area contributed by atoms with E-state index in [-0.39, 0.29) is 5.91 Å². The van der Waals surface area contributed by atoms with E-state index in [4.69, 9.17) is 5.11 Å². The molecule has 0 saturated heterocycles. The summed E-state index contributed by atoms with van der Waals surface area (Å²) >= 11 is 0. The van der Waals surface area contributed by atoms with Crippen LogP contribution >= 0.6 is 0 Å². The highest BCUT2D eigenvalue weighted by Crippen LogP contribution is 2.25. The van der Waals surface area contributed by atoms with Crippen LogP contribution in [-0.4, -0.2) is 33.0 Å². The van der Waals surface area contributed by atoms with Crippen LogP contribution in [0.2, 0.25) is 0 Å². The van der Waals surface area contributed by atoms with Crippen molar-refractivity contribution in [3.63, 3.8) is 0 Å². The highest BCUT2D eigenvalue weighted by atomic mass is 16.4. The molecule has 138 valence electrons. The molecule has 3 rings (SSSR count). The molecule has 8 nitrogen and oxygen atoms in total. The Morgan fingerprint density at radius 1 is 1.04 bits per heavy atom. The summed E-state index contributed by atoms with van der Waals surface area (Å²) in [6.07, 6.45) is 0. The summed E-state index contributed by atoms with van der Waals surface area (Å²) in [6.45, 7) is 2.98. The molecule has 8 heteroatoms. The van der Waals surface area contributed by atoms with Crippen LogP contribution < -0.4 is 16.0 Å². The van der Waals surface area contributed by atoms with Gasteiger partial charge in [0.2, 0.25) is 11.9 Å². The molecule has 0 aliphatic carbocycles. The van der Waals surface area contributed by atoms with Crippen LogP contribution in [0.4, 0.5) is 23.1 Å². The third-order valence-electron chi connectivity index (χ3n) is 3.77. The fraction of sp³-hybridized carbons (Fsp3) is 0.158. The summed E-state index contributed by atoms with van der Waals surface area (Å²) in [7, 11) is 0. The third-order valence-corrected chi connectivity index (χ3v) is 3.77. The van der Waals surface area contributed by atoms with Crippen LogP contribution in [0.5, 0.6) is 0 Å². The Hall–Kier alpha value is -3.68. The van der Waals surface area contributed by atoms with Crippen molar-refractivity contribution in [1.29, 1.82) is 0 Å². The smallest absolute Gasteiger partial charge is 0.325 e. The second kappa shape index (κ2) is 7.69. The number of nitrogens with one attached hydrogen (secondary N) is 3. The molecule has 0 aliphatic rings. The molecule has 1 amide bonds. The Morgan fingerprint density at radius 3 is 2.52 bits per heavy atom. The van der Waals surface area contributed by atoms with Crippen molar-refractivity contribution >= 4 is 45.9 Å². The number of amides is 1. The molecular weight excluding hydrogens is 346 g/mol. The van der Waals surface area contributed by atoms with E-state index in [2.05, 4.69) is 25.9 Å². The van der Waals surface area contributed by atoms with Crippen LogP contribution in [0.1, 0.15) is 13.8 Å². The van der Waals surface area contributed by atoms with Crippen molar-refractivity contribution in [3.05, 3.63) is 48.5 Å². The van der Waals surface area contributed by atoms with Crippen molar-refractivity contribution < 1.29 is 14.7 Å². The number of carboxylic acids is 1. The van der Waals surface area contributed by atoms with Gasteiger partial charge in [-0.25, -0.2) is 4.98 Å². The summed E-state index contributed by atoms with van der Waals surface area (Å²) in [5.41, 5.74) is 2.01. The number of aliphatic carboxylic acids is 1. The highest BCUT2D eigenvalue weighted by molar-refractivity contribution is 5.92. The van der Waals surface area contributed by atoms with Gasteiger partial charge in [-0.3, -0.25) is 9.59 Å². The summed E-state index contributed by atoms with van der Waals surface area (Å²) in [4.78, 5) is 31.3. The van der Waals surface area contributed by atoms with Gasteiger partial charge in [0.1, 0.15) is 11.9 Å². The number of aromatic nitrogens is 2. The SMILES string of the molecule is CC(=O)Nc1cccc(Nc2nc(NC(C)C(=O)O)c3ccccc3n2)c1. The number of anilines is 4. The number of benzene rings is 2. The summed E-state index contributed by atoms with van der Waals surface area (Å²) in [5.74, 6) is -0.400. The van der Waals surface area contributed by atoms with E-state index in [9.17, 15) is 9.59 Å². The minimum Gasteiger partial charge on any atom is -0.480 e. The number of rotatable bonds is 6. The van der Waals surface area contributed by atoms with Gasteiger partial charge in [-0.15, -0.1) is 0 Å². The van der Waals surface area contributed by atoms with Gasteiger partial charge in [-0.2, -0.15) is 4.98 Å². The van der Waals surface area contributed by atoms with Crippen LogP contribution in [0.3, 0.4) is 0 Å². The number of carbonyl (C=O) groups excluding carboxylic acids is 1. The first-order valence-corrected chi connectivity index (χ1v) is 8.33. The maximum Gasteiger partial charge on any atom is 0.325 e. The number of carbonyl (C=O) groups is 2. The largest absolute Gasteiger partial charge is 0.480 e. The van der Waals surface area contributed by atoms with Crippen LogP contribution in [-0.2, 0) is 9.59 Å².